The minimum Gasteiger partial charge on any atom is -0.462 e. The molecular weight excluding hydrogens is 342 g/mol. The third-order valence-electron chi connectivity index (χ3n) is 3.89. The minimum absolute atomic E-state index is 0.162. The molecule has 1 aliphatic rings. The van der Waals surface area contributed by atoms with E-state index in [1.54, 1.807) is 0 Å². The van der Waals surface area contributed by atoms with Gasteiger partial charge in [0.1, 0.15) is 19.3 Å². The van der Waals surface area contributed by atoms with Gasteiger partial charge < -0.3 is 19.5 Å². The predicted octanol–water partition coefficient (Wildman–Crippen LogP) is 1.64. The Morgan fingerprint density at radius 3 is 2.23 bits per heavy atom. The lowest BCUT2D eigenvalue weighted by molar-refractivity contribution is -0.167. The van der Waals surface area contributed by atoms with Gasteiger partial charge in [0.05, 0.1) is 0 Å². The van der Waals surface area contributed by atoms with Gasteiger partial charge in [-0.1, -0.05) is 26.7 Å². The number of carbonyl (C=O) groups excluding carboxylic acids is 4. The molecule has 8 heteroatoms. The Balaban J connectivity index is 2.47. The number of amides is 1. The van der Waals surface area contributed by atoms with Gasteiger partial charge in [0.2, 0.25) is 5.91 Å². The molecule has 2 unspecified atom stereocenters. The third-order valence-corrected chi connectivity index (χ3v) is 3.89. The van der Waals surface area contributed by atoms with Gasteiger partial charge in [-0.15, -0.1) is 0 Å². The quantitative estimate of drug-likeness (QED) is 0.410. The first-order valence-corrected chi connectivity index (χ1v) is 9.27. The molecule has 8 nitrogen and oxygen atoms in total. The van der Waals surface area contributed by atoms with Gasteiger partial charge in [-0.2, -0.15) is 0 Å². The SMILES string of the molecule is CCCCC(=O)OCC(COC(=O)C1CCC(=O)N1)OC(=O)CCCC. The number of ether oxygens (including phenoxy) is 3. The van der Waals surface area contributed by atoms with E-state index in [9.17, 15) is 19.2 Å². The summed E-state index contributed by atoms with van der Waals surface area (Å²) in [7, 11) is 0. The van der Waals surface area contributed by atoms with Gasteiger partial charge in [-0.3, -0.25) is 14.4 Å². The van der Waals surface area contributed by atoms with Crippen molar-refractivity contribution in [3.05, 3.63) is 0 Å². The van der Waals surface area contributed by atoms with Crippen molar-refractivity contribution in [3.63, 3.8) is 0 Å². The molecule has 0 aromatic rings. The molecule has 0 aromatic carbocycles. The second-order valence-electron chi connectivity index (χ2n) is 6.29. The summed E-state index contributed by atoms with van der Waals surface area (Å²) >= 11 is 0. The maximum absolute atomic E-state index is 11.9. The minimum atomic E-state index is -0.856. The van der Waals surface area contributed by atoms with Crippen LogP contribution in [-0.2, 0) is 33.4 Å². The fraction of sp³-hybridized carbons (Fsp3) is 0.778. The van der Waals surface area contributed by atoms with Gasteiger partial charge in [-0.25, -0.2) is 4.79 Å². The largest absolute Gasteiger partial charge is 0.462 e. The molecule has 0 aromatic heterocycles. The zero-order valence-corrected chi connectivity index (χ0v) is 15.6. The van der Waals surface area contributed by atoms with E-state index in [4.69, 9.17) is 14.2 Å². The van der Waals surface area contributed by atoms with Gasteiger partial charge in [0.15, 0.2) is 6.10 Å². The number of hydrogen-bond donors (Lipinski definition) is 1. The molecule has 0 radical (unpaired) electrons. The topological polar surface area (TPSA) is 108 Å². The first-order chi connectivity index (χ1) is 12.5. The Kier molecular flexibility index (Phi) is 10.3. The lowest BCUT2D eigenvalue weighted by Gasteiger charge is -2.19. The summed E-state index contributed by atoms with van der Waals surface area (Å²) in [6.07, 6.45) is 3.48. The molecule has 0 bridgehead atoms. The third kappa shape index (κ3) is 8.82. The Morgan fingerprint density at radius 1 is 1.04 bits per heavy atom. The molecule has 2 atom stereocenters. The first kappa shape index (κ1) is 21.9. The van der Waals surface area contributed by atoms with Crippen LogP contribution in [0, 0.1) is 0 Å². The smallest absolute Gasteiger partial charge is 0.328 e. The number of esters is 3. The summed E-state index contributed by atoms with van der Waals surface area (Å²) in [5, 5.41) is 2.51. The van der Waals surface area contributed by atoms with Crippen LogP contribution < -0.4 is 5.32 Å². The first-order valence-electron chi connectivity index (χ1n) is 9.27. The van der Waals surface area contributed by atoms with Gasteiger partial charge in [0.25, 0.3) is 0 Å². The van der Waals surface area contributed by atoms with Gasteiger partial charge in [0, 0.05) is 19.3 Å². The maximum atomic E-state index is 11.9. The Labute approximate surface area is 153 Å². The van der Waals surface area contributed by atoms with Crippen molar-refractivity contribution in [2.45, 2.75) is 77.4 Å². The number of carbonyl (C=O) groups is 4. The standard InChI is InChI=1S/C18H29NO7/c1-3-5-7-16(21)24-11-13(26-17(22)8-6-4-2)12-25-18(23)14-9-10-15(20)19-14/h13-14H,3-12H2,1-2H3,(H,19,20). The molecule has 1 fully saturated rings. The van der Waals surface area contributed by atoms with Crippen LogP contribution in [0.25, 0.3) is 0 Å². The van der Waals surface area contributed by atoms with Crippen molar-refractivity contribution in [1.29, 1.82) is 0 Å². The van der Waals surface area contributed by atoms with Gasteiger partial charge >= 0.3 is 17.9 Å². The van der Waals surface area contributed by atoms with Crippen molar-refractivity contribution in [2.24, 2.45) is 0 Å². The molecular formula is C18H29NO7. The van der Waals surface area contributed by atoms with E-state index in [0.29, 0.717) is 19.3 Å². The molecule has 148 valence electrons. The van der Waals surface area contributed by atoms with Crippen LogP contribution in [0.4, 0.5) is 0 Å². The average molecular weight is 371 g/mol. The van der Waals surface area contributed by atoms with Crippen molar-refractivity contribution >= 4 is 23.8 Å². The summed E-state index contributed by atoms with van der Waals surface area (Å²) < 4.78 is 15.5. The Hall–Kier alpha value is -2.12. The second-order valence-corrected chi connectivity index (χ2v) is 6.29. The van der Waals surface area contributed by atoms with E-state index < -0.39 is 24.1 Å². The maximum Gasteiger partial charge on any atom is 0.328 e. The van der Waals surface area contributed by atoms with Crippen LogP contribution in [0.1, 0.15) is 65.2 Å². The Morgan fingerprint density at radius 2 is 1.65 bits per heavy atom. The van der Waals surface area contributed by atoms with Crippen LogP contribution in [0.2, 0.25) is 0 Å². The summed E-state index contributed by atoms with van der Waals surface area (Å²) in [5.74, 6) is -1.58. The highest BCUT2D eigenvalue weighted by Crippen LogP contribution is 2.10. The molecule has 26 heavy (non-hydrogen) atoms. The number of hydrogen-bond acceptors (Lipinski definition) is 7. The number of unbranched alkanes of at least 4 members (excludes halogenated alkanes) is 2. The predicted molar refractivity (Wildman–Crippen MR) is 92.0 cm³/mol. The van der Waals surface area contributed by atoms with E-state index in [1.807, 2.05) is 13.8 Å². The molecule has 1 N–H and O–H groups in total. The molecule has 1 heterocycles. The van der Waals surface area contributed by atoms with E-state index in [1.165, 1.54) is 0 Å². The second kappa shape index (κ2) is 12.3. The zero-order valence-electron chi connectivity index (χ0n) is 15.6. The van der Waals surface area contributed by atoms with E-state index >= 15 is 0 Å². The number of rotatable bonds is 12. The normalized spacial score (nSPS) is 17.3. The van der Waals surface area contributed by atoms with E-state index in [2.05, 4.69) is 5.32 Å². The molecule has 0 aliphatic carbocycles. The summed E-state index contributed by atoms with van der Waals surface area (Å²) in [5.41, 5.74) is 0. The molecule has 1 rings (SSSR count). The molecule has 1 saturated heterocycles. The summed E-state index contributed by atoms with van der Waals surface area (Å²) in [6.45, 7) is 3.54. The molecule has 0 spiro atoms. The fourth-order valence-electron chi connectivity index (χ4n) is 2.33. The van der Waals surface area contributed by atoms with E-state index in [-0.39, 0.29) is 37.9 Å². The van der Waals surface area contributed by atoms with Crippen LogP contribution >= 0.6 is 0 Å². The van der Waals surface area contributed by atoms with Gasteiger partial charge in [-0.05, 0) is 19.3 Å². The molecule has 0 saturated carbocycles. The summed E-state index contributed by atoms with van der Waals surface area (Å²) in [6, 6.07) is -0.675. The highest BCUT2D eigenvalue weighted by atomic mass is 16.6. The van der Waals surface area contributed by atoms with Crippen LogP contribution in [0.15, 0.2) is 0 Å². The highest BCUT2D eigenvalue weighted by molar-refractivity contribution is 5.88. The Bertz CT molecular complexity index is 492. The lowest BCUT2D eigenvalue weighted by Crippen LogP contribution is -2.37. The molecule has 1 amide bonds. The zero-order chi connectivity index (χ0) is 19.4. The van der Waals surface area contributed by atoms with Crippen molar-refractivity contribution in [2.75, 3.05) is 13.2 Å². The number of nitrogens with one attached hydrogen (secondary N) is 1. The van der Waals surface area contributed by atoms with Crippen LogP contribution in [0.5, 0.6) is 0 Å². The fourth-order valence-corrected chi connectivity index (χ4v) is 2.33. The van der Waals surface area contributed by atoms with Crippen LogP contribution in [0.3, 0.4) is 0 Å². The summed E-state index contributed by atoms with van der Waals surface area (Å²) in [4.78, 5) is 46.5. The van der Waals surface area contributed by atoms with E-state index in [0.717, 1.165) is 19.3 Å². The van der Waals surface area contributed by atoms with Crippen molar-refractivity contribution in [3.8, 4) is 0 Å². The molecule has 1 aliphatic heterocycles. The highest BCUT2D eigenvalue weighted by Gasteiger charge is 2.29. The average Bonchev–Trinajstić information content (AvgIpc) is 3.06. The monoisotopic (exact) mass is 371 g/mol. The lowest BCUT2D eigenvalue weighted by atomic mass is 10.2. The van der Waals surface area contributed by atoms with Crippen LogP contribution in [-0.4, -0.2) is 49.2 Å². The van der Waals surface area contributed by atoms with Crippen molar-refractivity contribution in [1.82, 2.24) is 5.32 Å². The van der Waals surface area contributed by atoms with Crippen molar-refractivity contribution < 1.29 is 33.4 Å².